The lowest BCUT2D eigenvalue weighted by Crippen LogP contribution is -2.01. The molecule has 0 fully saturated rings. The van der Waals surface area contributed by atoms with Gasteiger partial charge in [0.15, 0.2) is 6.79 Å². The van der Waals surface area contributed by atoms with Gasteiger partial charge in [0.2, 0.25) is 0 Å². The second-order valence-corrected chi connectivity index (χ2v) is 2.59. The number of nitrogens with zero attached hydrogens (tertiary/aromatic N) is 1. The van der Waals surface area contributed by atoms with E-state index in [1.807, 2.05) is 53.7 Å². The van der Waals surface area contributed by atoms with E-state index in [-0.39, 0.29) is 14.2 Å². The van der Waals surface area contributed by atoms with Crippen molar-refractivity contribution < 1.29 is 9.47 Å². The third kappa shape index (κ3) is 9.82. The van der Waals surface area contributed by atoms with E-state index < -0.39 is 0 Å². The van der Waals surface area contributed by atoms with Crippen LogP contribution >= 0.6 is 0 Å². The predicted molar refractivity (Wildman–Crippen MR) is 75.6 cm³/mol. The fraction of sp³-hybridized carbons (Fsp3) is 0.643. The first-order valence-electron chi connectivity index (χ1n) is 5.80. The molecule has 0 aromatic carbocycles. The fourth-order valence-electron chi connectivity index (χ4n) is 0.949. The van der Waals surface area contributed by atoms with Gasteiger partial charge in [-0.2, -0.15) is 0 Å². The summed E-state index contributed by atoms with van der Waals surface area (Å²) in [5.41, 5.74) is 1.89. The van der Waals surface area contributed by atoms with Crippen LogP contribution in [0.2, 0.25) is 0 Å². The van der Waals surface area contributed by atoms with Crippen molar-refractivity contribution in [1.82, 2.24) is 4.98 Å². The fourth-order valence-corrected chi connectivity index (χ4v) is 0.949. The standard InChI is InChI=1S/C9H13NO2.2C2H6.CH4/c1-7-4-5-9(8(2)10-7)12-6-11-3;2*1-2;/h4-5H,6H2,1-3H3;2*1-2H3;1H4. The summed E-state index contributed by atoms with van der Waals surface area (Å²) >= 11 is 0. The van der Waals surface area contributed by atoms with Gasteiger partial charge in [0, 0.05) is 12.8 Å². The molecular formula is C14H29NO2. The van der Waals surface area contributed by atoms with Crippen molar-refractivity contribution in [2.45, 2.75) is 49.0 Å². The molecule has 0 saturated heterocycles. The van der Waals surface area contributed by atoms with Gasteiger partial charge >= 0.3 is 0 Å². The molecular weight excluding hydrogens is 214 g/mol. The van der Waals surface area contributed by atoms with Crippen LogP contribution in [0.15, 0.2) is 12.1 Å². The van der Waals surface area contributed by atoms with Crippen LogP contribution in [0.3, 0.4) is 0 Å². The van der Waals surface area contributed by atoms with Crippen LogP contribution in [0.1, 0.15) is 46.5 Å². The Balaban J connectivity index is -0.000000355. The average Bonchev–Trinajstić information content (AvgIpc) is 2.33. The SMILES string of the molecule is C.CC.CC.COCOc1ccc(C)nc1C. The highest BCUT2D eigenvalue weighted by atomic mass is 16.7. The van der Waals surface area contributed by atoms with Gasteiger partial charge in [-0.25, -0.2) is 0 Å². The Kier molecular flexibility index (Phi) is 18.6. The molecule has 102 valence electrons. The molecule has 0 aliphatic carbocycles. The molecule has 0 saturated carbocycles. The van der Waals surface area contributed by atoms with E-state index >= 15 is 0 Å². The van der Waals surface area contributed by atoms with E-state index in [4.69, 9.17) is 9.47 Å². The summed E-state index contributed by atoms with van der Waals surface area (Å²) < 4.78 is 10.0. The first kappa shape index (κ1) is 21.2. The Morgan fingerprint density at radius 2 is 1.59 bits per heavy atom. The molecule has 0 unspecified atom stereocenters. The van der Waals surface area contributed by atoms with Crippen LogP contribution in [0.5, 0.6) is 5.75 Å². The number of pyridine rings is 1. The minimum atomic E-state index is 0. The lowest BCUT2D eigenvalue weighted by Gasteiger charge is -2.06. The highest BCUT2D eigenvalue weighted by molar-refractivity contribution is 5.27. The molecule has 1 rings (SSSR count). The smallest absolute Gasteiger partial charge is 0.188 e. The summed E-state index contributed by atoms with van der Waals surface area (Å²) in [6, 6.07) is 3.81. The van der Waals surface area contributed by atoms with E-state index in [1.165, 1.54) is 0 Å². The van der Waals surface area contributed by atoms with Crippen LogP contribution in [-0.2, 0) is 4.74 Å². The van der Waals surface area contributed by atoms with E-state index in [9.17, 15) is 0 Å². The molecule has 3 heteroatoms. The van der Waals surface area contributed by atoms with Gasteiger partial charge < -0.3 is 9.47 Å². The van der Waals surface area contributed by atoms with E-state index in [0.29, 0.717) is 0 Å². The number of aromatic nitrogens is 1. The molecule has 0 spiro atoms. The molecule has 0 bridgehead atoms. The molecule has 0 radical (unpaired) electrons. The Bertz CT molecular complexity index is 262. The van der Waals surface area contributed by atoms with Gasteiger partial charge in [-0.15, -0.1) is 0 Å². The van der Waals surface area contributed by atoms with Crippen molar-refractivity contribution in [3.05, 3.63) is 23.5 Å². The van der Waals surface area contributed by atoms with Gasteiger partial charge in [-0.1, -0.05) is 35.1 Å². The van der Waals surface area contributed by atoms with Gasteiger partial charge in [0.05, 0.1) is 5.69 Å². The third-order valence-electron chi connectivity index (χ3n) is 1.51. The summed E-state index contributed by atoms with van der Waals surface area (Å²) in [6.45, 7) is 12.1. The van der Waals surface area contributed by atoms with Crippen LogP contribution < -0.4 is 4.74 Å². The van der Waals surface area contributed by atoms with Crippen molar-refractivity contribution in [3.63, 3.8) is 0 Å². The summed E-state index contributed by atoms with van der Waals surface area (Å²) in [5.74, 6) is 0.780. The first-order chi connectivity index (χ1) is 7.74. The molecule has 0 amide bonds. The summed E-state index contributed by atoms with van der Waals surface area (Å²) in [5, 5.41) is 0. The van der Waals surface area contributed by atoms with Crippen molar-refractivity contribution in [3.8, 4) is 5.75 Å². The van der Waals surface area contributed by atoms with Gasteiger partial charge in [-0.05, 0) is 26.0 Å². The number of hydrogen-bond acceptors (Lipinski definition) is 3. The zero-order valence-corrected chi connectivity index (χ0v) is 11.6. The summed E-state index contributed by atoms with van der Waals surface area (Å²) in [4.78, 5) is 4.25. The maximum absolute atomic E-state index is 5.26. The Morgan fingerprint density at radius 1 is 1.06 bits per heavy atom. The molecule has 0 aliphatic heterocycles. The van der Waals surface area contributed by atoms with E-state index in [0.717, 1.165) is 17.1 Å². The average molecular weight is 243 g/mol. The van der Waals surface area contributed by atoms with Crippen LogP contribution in [0.25, 0.3) is 0 Å². The van der Waals surface area contributed by atoms with Crippen LogP contribution in [0.4, 0.5) is 0 Å². The van der Waals surface area contributed by atoms with Gasteiger partial charge in [0.25, 0.3) is 0 Å². The minimum Gasteiger partial charge on any atom is -0.466 e. The molecule has 17 heavy (non-hydrogen) atoms. The molecule has 0 aliphatic rings. The zero-order valence-electron chi connectivity index (χ0n) is 11.6. The van der Waals surface area contributed by atoms with Crippen LogP contribution in [-0.4, -0.2) is 18.9 Å². The second-order valence-electron chi connectivity index (χ2n) is 2.59. The van der Waals surface area contributed by atoms with Crippen molar-refractivity contribution in [2.75, 3.05) is 13.9 Å². The quantitative estimate of drug-likeness (QED) is 0.739. The number of methoxy groups -OCH3 is 1. The number of aryl methyl sites for hydroxylation is 2. The summed E-state index contributed by atoms with van der Waals surface area (Å²) in [7, 11) is 1.59. The third-order valence-corrected chi connectivity index (χ3v) is 1.51. The van der Waals surface area contributed by atoms with Crippen molar-refractivity contribution >= 4 is 0 Å². The zero-order chi connectivity index (χ0) is 13.0. The number of hydrogen-bond donors (Lipinski definition) is 0. The highest BCUT2D eigenvalue weighted by Crippen LogP contribution is 2.14. The van der Waals surface area contributed by atoms with E-state index in [1.54, 1.807) is 7.11 Å². The molecule has 0 atom stereocenters. The van der Waals surface area contributed by atoms with Gasteiger partial charge in [-0.3, -0.25) is 4.98 Å². The highest BCUT2D eigenvalue weighted by Gasteiger charge is 1.99. The van der Waals surface area contributed by atoms with Crippen LogP contribution in [0, 0.1) is 13.8 Å². The Morgan fingerprint density at radius 3 is 2.00 bits per heavy atom. The monoisotopic (exact) mass is 243 g/mol. The molecule has 3 nitrogen and oxygen atoms in total. The number of ether oxygens (including phenoxy) is 2. The number of rotatable bonds is 3. The molecule has 1 aromatic rings. The van der Waals surface area contributed by atoms with Crippen molar-refractivity contribution in [2.24, 2.45) is 0 Å². The lowest BCUT2D eigenvalue weighted by molar-refractivity contribution is 0.0503. The largest absolute Gasteiger partial charge is 0.466 e. The maximum Gasteiger partial charge on any atom is 0.188 e. The Hall–Kier alpha value is -1.09. The Labute approximate surface area is 107 Å². The van der Waals surface area contributed by atoms with E-state index in [2.05, 4.69) is 4.98 Å². The molecule has 1 aromatic heterocycles. The first-order valence-corrected chi connectivity index (χ1v) is 5.80. The minimum absolute atomic E-state index is 0. The molecule has 0 N–H and O–H groups in total. The predicted octanol–water partition coefficient (Wildman–Crippen LogP) is 4.37. The normalized spacial score (nSPS) is 7.71. The van der Waals surface area contributed by atoms with Gasteiger partial charge in [0.1, 0.15) is 5.75 Å². The molecule has 1 heterocycles. The summed E-state index contributed by atoms with van der Waals surface area (Å²) in [6.07, 6.45) is 0. The second kappa shape index (κ2) is 14.9. The lowest BCUT2D eigenvalue weighted by atomic mass is 10.3. The maximum atomic E-state index is 5.26. The van der Waals surface area contributed by atoms with Crippen molar-refractivity contribution in [1.29, 1.82) is 0 Å². The topological polar surface area (TPSA) is 31.4 Å².